The maximum absolute atomic E-state index is 12.6. The molecule has 17 heavy (non-hydrogen) atoms. The van der Waals surface area contributed by atoms with E-state index in [4.69, 9.17) is 5.73 Å². The smallest absolute Gasteiger partial charge is 0.384 e. The number of alkyl halides is 3. The number of nitrogens with two attached hydrogens (primary N) is 1. The SMILES string of the molecule is Nc1cc(C(F)(F)F)cc(N2CCSCC2)n1. The maximum atomic E-state index is 12.6. The zero-order chi connectivity index (χ0) is 12.5. The fourth-order valence-corrected chi connectivity index (χ4v) is 2.56. The Morgan fingerprint density at radius 1 is 1.24 bits per heavy atom. The number of aromatic nitrogens is 1. The normalized spacial score (nSPS) is 17.2. The van der Waals surface area contributed by atoms with Gasteiger partial charge in [0.25, 0.3) is 0 Å². The summed E-state index contributed by atoms with van der Waals surface area (Å²) in [6, 6.07) is 1.93. The standard InChI is InChI=1S/C10H12F3N3S/c11-10(12,13)7-5-8(14)15-9(6-7)16-1-3-17-4-2-16/h5-6H,1-4H2,(H2,14,15). The summed E-state index contributed by atoms with van der Waals surface area (Å²) in [7, 11) is 0. The molecule has 1 aromatic heterocycles. The molecule has 0 spiro atoms. The van der Waals surface area contributed by atoms with Gasteiger partial charge in [0.15, 0.2) is 0 Å². The Hall–Kier alpha value is -1.11. The zero-order valence-electron chi connectivity index (χ0n) is 9.00. The first-order chi connectivity index (χ1) is 7.97. The van der Waals surface area contributed by atoms with E-state index in [-0.39, 0.29) is 5.82 Å². The van der Waals surface area contributed by atoms with E-state index in [2.05, 4.69) is 4.98 Å². The van der Waals surface area contributed by atoms with Gasteiger partial charge in [-0.3, -0.25) is 0 Å². The van der Waals surface area contributed by atoms with Crippen molar-refractivity contribution in [3.05, 3.63) is 17.7 Å². The fourth-order valence-electron chi connectivity index (χ4n) is 1.66. The van der Waals surface area contributed by atoms with Crippen molar-refractivity contribution in [1.82, 2.24) is 4.98 Å². The Morgan fingerprint density at radius 3 is 2.47 bits per heavy atom. The summed E-state index contributed by atoms with van der Waals surface area (Å²) in [6.45, 7) is 1.41. The van der Waals surface area contributed by atoms with Crippen LogP contribution in [0.4, 0.5) is 24.8 Å². The predicted octanol–water partition coefficient (Wildman–Crippen LogP) is 2.24. The molecule has 0 radical (unpaired) electrons. The monoisotopic (exact) mass is 263 g/mol. The van der Waals surface area contributed by atoms with Crippen molar-refractivity contribution in [2.75, 3.05) is 35.2 Å². The molecule has 2 heterocycles. The van der Waals surface area contributed by atoms with Crippen LogP contribution in [0.2, 0.25) is 0 Å². The third kappa shape index (κ3) is 2.96. The Balaban J connectivity index is 2.31. The summed E-state index contributed by atoms with van der Waals surface area (Å²) in [5.41, 5.74) is 4.68. The number of rotatable bonds is 1. The van der Waals surface area contributed by atoms with Crippen LogP contribution in [0.15, 0.2) is 12.1 Å². The van der Waals surface area contributed by atoms with Crippen molar-refractivity contribution in [3.63, 3.8) is 0 Å². The van der Waals surface area contributed by atoms with Crippen molar-refractivity contribution < 1.29 is 13.2 Å². The van der Waals surface area contributed by atoms with Crippen LogP contribution < -0.4 is 10.6 Å². The van der Waals surface area contributed by atoms with E-state index in [9.17, 15) is 13.2 Å². The minimum absolute atomic E-state index is 0.0898. The van der Waals surface area contributed by atoms with E-state index in [0.717, 1.165) is 23.6 Å². The van der Waals surface area contributed by atoms with Crippen molar-refractivity contribution in [2.24, 2.45) is 0 Å². The lowest BCUT2D eigenvalue weighted by molar-refractivity contribution is -0.137. The molecule has 2 rings (SSSR count). The van der Waals surface area contributed by atoms with Crippen molar-refractivity contribution in [2.45, 2.75) is 6.18 Å². The first kappa shape index (κ1) is 12.3. The van der Waals surface area contributed by atoms with Crippen molar-refractivity contribution >= 4 is 23.4 Å². The van der Waals surface area contributed by atoms with Crippen LogP contribution in [-0.2, 0) is 6.18 Å². The van der Waals surface area contributed by atoms with Gasteiger partial charge < -0.3 is 10.6 Å². The van der Waals surface area contributed by atoms with Crippen LogP contribution in [-0.4, -0.2) is 29.6 Å². The number of pyridine rings is 1. The first-order valence-electron chi connectivity index (χ1n) is 5.14. The number of hydrogen-bond donors (Lipinski definition) is 1. The Labute approximate surface area is 101 Å². The molecule has 0 atom stereocenters. The van der Waals surface area contributed by atoms with Crippen LogP contribution in [0.1, 0.15) is 5.56 Å². The van der Waals surface area contributed by atoms with Crippen LogP contribution in [0.3, 0.4) is 0 Å². The lowest BCUT2D eigenvalue weighted by atomic mass is 10.2. The van der Waals surface area contributed by atoms with Gasteiger partial charge in [-0.15, -0.1) is 0 Å². The van der Waals surface area contributed by atoms with Gasteiger partial charge in [0.2, 0.25) is 0 Å². The van der Waals surface area contributed by atoms with Gasteiger partial charge in [0, 0.05) is 24.6 Å². The van der Waals surface area contributed by atoms with E-state index in [1.807, 2.05) is 4.90 Å². The highest BCUT2D eigenvalue weighted by Gasteiger charge is 2.32. The minimum Gasteiger partial charge on any atom is -0.384 e. The Bertz CT molecular complexity index is 402. The van der Waals surface area contributed by atoms with Crippen LogP contribution >= 0.6 is 11.8 Å². The third-order valence-electron chi connectivity index (χ3n) is 2.49. The fraction of sp³-hybridized carbons (Fsp3) is 0.500. The average molecular weight is 263 g/mol. The molecule has 3 nitrogen and oxygen atoms in total. The Morgan fingerprint density at radius 2 is 1.88 bits per heavy atom. The van der Waals surface area contributed by atoms with Gasteiger partial charge >= 0.3 is 6.18 Å². The molecule has 94 valence electrons. The summed E-state index contributed by atoms with van der Waals surface area (Å²) in [5, 5.41) is 0. The number of halogens is 3. The number of nitrogens with zero attached hydrogens (tertiary/aromatic N) is 2. The Kier molecular flexibility index (Phi) is 3.37. The van der Waals surface area contributed by atoms with Gasteiger partial charge in [-0.05, 0) is 12.1 Å². The van der Waals surface area contributed by atoms with Gasteiger partial charge in [-0.25, -0.2) is 4.98 Å². The molecule has 0 bridgehead atoms. The molecule has 1 aliphatic heterocycles. The molecule has 1 aromatic rings. The maximum Gasteiger partial charge on any atom is 0.416 e. The topological polar surface area (TPSA) is 42.1 Å². The highest BCUT2D eigenvalue weighted by atomic mass is 32.2. The minimum atomic E-state index is -4.38. The lowest BCUT2D eigenvalue weighted by Crippen LogP contribution is -2.33. The summed E-state index contributed by atoms with van der Waals surface area (Å²) >= 11 is 1.78. The summed E-state index contributed by atoms with van der Waals surface area (Å²) < 4.78 is 37.8. The van der Waals surface area contributed by atoms with Gasteiger partial charge in [-0.1, -0.05) is 0 Å². The van der Waals surface area contributed by atoms with Crippen molar-refractivity contribution in [1.29, 1.82) is 0 Å². The second kappa shape index (κ2) is 4.64. The van der Waals surface area contributed by atoms with E-state index in [1.165, 1.54) is 0 Å². The van der Waals surface area contributed by atoms with Gasteiger partial charge in [0.1, 0.15) is 11.6 Å². The van der Waals surface area contributed by atoms with E-state index < -0.39 is 11.7 Å². The largest absolute Gasteiger partial charge is 0.416 e. The molecule has 0 unspecified atom stereocenters. The average Bonchev–Trinajstić information content (AvgIpc) is 2.28. The highest BCUT2D eigenvalue weighted by Crippen LogP contribution is 2.32. The molecule has 0 amide bonds. The van der Waals surface area contributed by atoms with Gasteiger partial charge in [-0.2, -0.15) is 24.9 Å². The molecule has 1 aliphatic rings. The van der Waals surface area contributed by atoms with Crippen LogP contribution in [0.5, 0.6) is 0 Å². The van der Waals surface area contributed by atoms with E-state index in [0.29, 0.717) is 18.9 Å². The lowest BCUT2D eigenvalue weighted by Gasteiger charge is -2.28. The molecule has 1 fully saturated rings. The predicted molar refractivity (Wildman–Crippen MR) is 63.2 cm³/mol. The van der Waals surface area contributed by atoms with Crippen molar-refractivity contribution in [3.8, 4) is 0 Å². The van der Waals surface area contributed by atoms with E-state index >= 15 is 0 Å². The second-order valence-corrected chi connectivity index (χ2v) is 4.96. The number of anilines is 2. The van der Waals surface area contributed by atoms with Crippen LogP contribution in [0.25, 0.3) is 0 Å². The molecule has 0 aromatic carbocycles. The number of nitrogen functional groups attached to an aromatic ring is 1. The molecule has 2 N–H and O–H groups in total. The number of thioether (sulfide) groups is 1. The second-order valence-electron chi connectivity index (χ2n) is 3.74. The molecule has 7 heteroatoms. The van der Waals surface area contributed by atoms with Gasteiger partial charge in [0.05, 0.1) is 5.56 Å². The summed E-state index contributed by atoms with van der Waals surface area (Å²) in [5.74, 6) is 2.03. The zero-order valence-corrected chi connectivity index (χ0v) is 9.81. The highest BCUT2D eigenvalue weighted by molar-refractivity contribution is 7.99. The van der Waals surface area contributed by atoms with Crippen LogP contribution in [0, 0.1) is 0 Å². The molecular formula is C10H12F3N3S. The molecular weight excluding hydrogens is 251 g/mol. The molecule has 1 saturated heterocycles. The summed E-state index contributed by atoms with van der Waals surface area (Å²) in [6.07, 6.45) is -4.38. The van der Waals surface area contributed by atoms with E-state index in [1.54, 1.807) is 11.8 Å². The first-order valence-corrected chi connectivity index (χ1v) is 6.30. The summed E-state index contributed by atoms with van der Waals surface area (Å²) in [4.78, 5) is 5.80. The third-order valence-corrected chi connectivity index (χ3v) is 3.44. The number of hydrogen-bond acceptors (Lipinski definition) is 4. The molecule has 0 aliphatic carbocycles. The molecule has 0 saturated carbocycles. The quantitative estimate of drug-likeness (QED) is 0.843.